The molecule has 3 unspecified atom stereocenters. The molecule has 2 aromatic heterocycles. The lowest BCUT2D eigenvalue weighted by molar-refractivity contribution is -0.0437. The van der Waals surface area contributed by atoms with Crippen LogP contribution in [0.1, 0.15) is 6.23 Å². The Kier molecular flexibility index (Phi) is 8.07. The number of ether oxygens (including phenoxy) is 1. The number of aromatic nitrogens is 3. The quantitative estimate of drug-likeness (QED) is 0.153. The topological polar surface area (TPSA) is 249 Å². The maximum atomic E-state index is 14.4. The van der Waals surface area contributed by atoms with Crippen molar-refractivity contribution in [2.24, 2.45) is 0 Å². The highest BCUT2D eigenvalue weighted by molar-refractivity contribution is 7.91. The number of phosphoric ester groups is 1. The molecule has 1 aliphatic heterocycles. The number of alkyl halides is 2. The molecule has 3 rings (SSSR count). The van der Waals surface area contributed by atoms with E-state index in [2.05, 4.69) is 31.6 Å². The zero-order valence-electron chi connectivity index (χ0n) is 16.8. The fraction of sp³-hybridized carbons (Fsp3) is 0.500. The molecule has 1 aliphatic rings. The number of aromatic amines is 1. The first kappa shape index (κ1) is 28.8. The molecule has 6 atom stereocenters. The fourth-order valence-electron chi connectivity index (χ4n) is 3.17. The molecule has 8 N–H and O–H groups in total. The Hall–Kier alpha value is -0.800. The lowest BCUT2D eigenvalue weighted by Crippen LogP contribution is -2.44. The van der Waals surface area contributed by atoms with Crippen LogP contribution in [0.5, 0.6) is 0 Å². The molecule has 0 bridgehead atoms. The number of nitrogens with two attached hydrogens (primary N) is 1. The minimum absolute atomic E-state index is 0.426. The molecule has 23 heteroatoms. The van der Waals surface area contributed by atoms with E-state index in [0.29, 0.717) is 6.20 Å². The van der Waals surface area contributed by atoms with Crippen LogP contribution in [0.25, 0.3) is 11.0 Å². The third-order valence-electron chi connectivity index (χ3n) is 4.50. The average Bonchev–Trinajstić information content (AvgIpc) is 3.12. The minimum Gasteiger partial charge on any atom is -0.388 e. The lowest BCUT2D eigenvalue weighted by atomic mass is 10.0. The van der Waals surface area contributed by atoms with E-state index in [1.165, 1.54) is 0 Å². The number of phosphoric acid groups is 2. The summed E-state index contributed by atoms with van der Waals surface area (Å²) in [5, 5.41) is 9.92. The second-order valence-electron chi connectivity index (χ2n) is 7.01. The van der Waals surface area contributed by atoms with Crippen LogP contribution in [0, 0.1) is 5.82 Å². The van der Waals surface area contributed by atoms with E-state index in [0.717, 1.165) is 4.57 Å². The zero-order valence-corrected chi connectivity index (χ0v) is 21.2. The molecule has 16 nitrogen and oxygen atoms in total. The van der Waals surface area contributed by atoms with Crippen LogP contribution in [-0.4, -0.2) is 69.6 Å². The molecule has 0 saturated carbocycles. The predicted octanol–water partition coefficient (Wildman–Crippen LogP) is 0.707. The third-order valence-corrected chi connectivity index (χ3v) is 9.60. The van der Waals surface area contributed by atoms with Gasteiger partial charge in [0, 0.05) is 6.20 Å². The van der Waals surface area contributed by atoms with Crippen molar-refractivity contribution in [3.05, 3.63) is 22.4 Å². The summed E-state index contributed by atoms with van der Waals surface area (Å²) in [7, 11) is -13.5. The highest BCUT2D eigenvalue weighted by atomic mass is 35.5. The second-order valence-corrected chi connectivity index (χ2v) is 14.0. The molecule has 0 spiro atoms. The maximum Gasteiger partial charge on any atom is 0.488 e. The maximum absolute atomic E-state index is 14.4. The van der Waals surface area contributed by atoms with Gasteiger partial charge in [0.05, 0.1) is 6.61 Å². The summed E-state index contributed by atoms with van der Waals surface area (Å²) >= 11 is 6.20. The number of hydrogen-bond donors (Lipinski definition) is 7. The van der Waals surface area contributed by atoms with Crippen molar-refractivity contribution in [2.75, 3.05) is 19.0 Å². The van der Waals surface area contributed by atoms with E-state index in [4.69, 9.17) is 31.9 Å². The van der Waals surface area contributed by atoms with Gasteiger partial charge in [-0.3, -0.25) is 14.3 Å². The lowest BCUT2D eigenvalue weighted by Gasteiger charge is -2.28. The number of aliphatic hydroxyl groups excluding tert-OH is 1. The van der Waals surface area contributed by atoms with Gasteiger partial charge >= 0.3 is 15.6 Å². The van der Waals surface area contributed by atoms with Crippen molar-refractivity contribution in [2.45, 2.75) is 23.3 Å². The van der Waals surface area contributed by atoms with Crippen molar-refractivity contribution in [1.82, 2.24) is 14.5 Å². The summed E-state index contributed by atoms with van der Waals surface area (Å²) in [6, 6.07) is 0. The third kappa shape index (κ3) is 6.20. The molecule has 35 heavy (non-hydrogen) atoms. The van der Waals surface area contributed by atoms with E-state index >= 15 is 0 Å². The molecule has 0 aliphatic carbocycles. The summed E-state index contributed by atoms with van der Waals surface area (Å²) in [5.41, 5.74) is 4.06. The zero-order chi connectivity index (χ0) is 26.6. The van der Waals surface area contributed by atoms with E-state index < -0.39 is 87.8 Å². The summed E-state index contributed by atoms with van der Waals surface area (Å²) < 4.78 is 70.3. The van der Waals surface area contributed by atoms with Crippen molar-refractivity contribution in [3.8, 4) is 0 Å². The van der Waals surface area contributed by atoms with Crippen molar-refractivity contribution < 1.29 is 60.5 Å². The number of H-pyrrole nitrogens is 1. The Morgan fingerprint density at radius 3 is 2.51 bits per heavy atom. The summed E-state index contributed by atoms with van der Waals surface area (Å²) in [5.74, 6) is -1.55. The van der Waals surface area contributed by atoms with Crippen LogP contribution in [-0.2, 0) is 27.0 Å². The van der Waals surface area contributed by atoms with Crippen LogP contribution in [0.2, 0.25) is 0 Å². The van der Waals surface area contributed by atoms with Gasteiger partial charge in [0.25, 0.3) is 12.8 Å². The van der Waals surface area contributed by atoms with Crippen molar-refractivity contribution in [1.29, 1.82) is 0 Å². The number of hydrogen-bond acceptors (Lipinski definition) is 10. The smallest absolute Gasteiger partial charge is 0.388 e. The molecule has 2 aromatic rings. The summed E-state index contributed by atoms with van der Waals surface area (Å²) in [6.07, 6.45) is -4.83. The number of nitrogens with one attached hydrogen (secondary N) is 1. The number of halogens is 3. The minimum atomic E-state index is -5.56. The van der Waals surface area contributed by atoms with Gasteiger partial charge < -0.3 is 39.7 Å². The molecule has 0 aromatic carbocycles. The number of aliphatic hydroxyl groups is 1. The normalized spacial score (nSPS) is 28.7. The first-order valence-corrected chi connectivity index (χ1v) is 15.2. The Morgan fingerprint density at radius 2 is 1.94 bits per heavy atom. The fourth-order valence-corrected chi connectivity index (χ4v) is 7.50. The largest absolute Gasteiger partial charge is 0.488 e. The van der Waals surface area contributed by atoms with Crippen LogP contribution in [0.3, 0.4) is 0 Å². The highest BCUT2D eigenvalue weighted by Crippen LogP contribution is 2.67. The van der Waals surface area contributed by atoms with Gasteiger partial charge in [0.1, 0.15) is 29.1 Å². The van der Waals surface area contributed by atoms with Gasteiger partial charge in [-0.1, -0.05) is 0 Å². The van der Waals surface area contributed by atoms with E-state index in [1.54, 1.807) is 0 Å². The molecule has 3 heterocycles. The van der Waals surface area contributed by atoms with Gasteiger partial charge in [-0.15, -0.1) is 11.6 Å². The summed E-state index contributed by atoms with van der Waals surface area (Å²) in [6.45, 7) is -2.63. The van der Waals surface area contributed by atoms with E-state index in [-0.39, 0.29) is 0 Å². The number of fused-ring (bicyclic) bond motifs is 1. The molecule has 0 radical (unpaired) electrons. The molecule has 1 fully saturated rings. The molecular formula is C12H17ClF2N4O12P4. The van der Waals surface area contributed by atoms with Crippen LogP contribution < -0.4 is 11.3 Å². The molecule has 1 saturated heterocycles. The SMILES string of the molecule is Nc1nc2c(c(F)cn2[C@@H]2O[C@H](COP(=O)(O)OP(=O)(O)OP(O)(O)=P)[C@H](O)C2(Cl)CF)c(=O)[nH]1. The Morgan fingerprint density at radius 1 is 1.31 bits per heavy atom. The predicted molar refractivity (Wildman–Crippen MR) is 117 cm³/mol. The number of nitrogen functional groups attached to an aromatic ring is 1. The Bertz CT molecular complexity index is 1340. The summed E-state index contributed by atoms with van der Waals surface area (Å²) in [4.78, 5) is 52.4. The first-order chi connectivity index (χ1) is 15.9. The van der Waals surface area contributed by atoms with Crippen LogP contribution >= 0.6 is 43.0 Å². The average molecular weight is 607 g/mol. The van der Waals surface area contributed by atoms with E-state index in [9.17, 15) is 37.6 Å². The van der Waals surface area contributed by atoms with Crippen molar-refractivity contribution >= 4 is 60.0 Å². The Balaban J connectivity index is 1.86. The van der Waals surface area contributed by atoms with Gasteiger partial charge in [-0.25, -0.2) is 22.2 Å². The first-order valence-electron chi connectivity index (χ1n) is 8.86. The molecule has 198 valence electrons. The van der Waals surface area contributed by atoms with Gasteiger partial charge in [-0.2, -0.15) is 9.29 Å². The van der Waals surface area contributed by atoms with Crippen LogP contribution in [0.15, 0.2) is 11.0 Å². The van der Waals surface area contributed by atoms with Gasteiger partial charge in [0.2, 0.25) is 5.95 Å². The number of rotatable bonds is 9. The monoisotopic (exact) mass is 606 g/mol. The Labute approximate surface area is 200 Å². The number of nitrogens with zero attached hydrogens (tertiary/aromatic N) is 2. The standard InChI is InChI=1S/C12H17ClF2N4O12P4/c13-12(3-14)7(20)5(2-28-33(22,23)30-34(24,25)31-35(26,27)32)29-10(12)19-1-4(15)6-8(19)17-11(16)18-9(6)21/h1,5,7,10,20,26-27,32H,2-3H2,(H,22,23)(H,24,25)(H3,16,17,18,21)/t5-,7+,10-,12?/m1/s1. The van der Waals surface area contributed by atoms with Gasteiger partial charge in [-0.05, 0) is 8.53 Å². The number of anilines is 1. The second kappa shape index (κ2) is 9.82. The van der Waals surface area contributed by atoms with Gasteiger partial charge in [0.15, 0.2) is 17.7 Å². The molecular weight excluding hydrogens is 589 g/mol. The highest BCUT2D eigenvalue weighted by Gasteiger charge is 2.57. The molecule has 0 amide bonds. The van der Waals surface area contributed by atoms with Crippen molar-refractivity contribution in [3.63, 3.8) is 0 Å². The van der Waals surface area contributed by atoms with E-state index in [1.807, 2.05) is 0 Å². The van der Waals surface area contributed by atoms with Crippen LogP contribution in [0.4, 0.5) is 14.7 Å².